The monoisotopic (exact) mass is 208 g/mol. The van der Waals surface area contributed by atoms with Gasteiger partial charge in [-0.05, 0) is 24.1 Å². The molecule has 0 aliphatic carbocycles. The molecule has 0 aromatic heterocycles. The maximum atomic E-state index is 12.7. The number of carbonyl (C=O) groups excluding carboxylic acids is 1. The molecule has 0 unspecified atom stereocenters. The molecule has 15 heavy (non-hydrogen) atoms. The van der Waals surface area contributed by atoms with Crippen LogP contribution in [0.15, 0.2) is 24.3 Å². The zero-order chi connectivity index (χ0) is 10.7. The van der Waals surface area contributed by atoms with E-state index in [1.165, 1.54) is 12.1 Å². The van der Waals surface area contributed by atoms with Crippen molar-refractivity contribution >= 4 is 5.78 Å². The molecule has 1 atom stereocenters. The molecule has 1 aromatic rings. The highest BCUT2D eigenvalue weighted by molar-refractivity contribution is 5.82. The molecular formula is C12H13FO2. The number of hydrogen-bond donors (Lipinski definition) is 0. The number of ether oxygens (including phenoxy) is 1. The quantitative estimate of drug-likeness (QED) is 0.742. The maximum Gasteiger partial charge on any atom is 0.140 e. The van der Waals surface area contributed by atoms with Gasteiger partial charge in [0.25, 0.3) is 0 Å². The van der Waals surface area contributed by atoms with Gasteiger partial charge in [-0.25, -0.2) is 4.39 Å². The molecule has 80 valence electrons. The topological polar surface area (TPSA) is 26.3 Å². The van der Waals surface area contributed by atoms with Crippen molar-refractivity contribution in [3.63, 3.8) is 0 Å². The van der Waals surface area contributed by atoms with Gasteiger partial charge in [0.1, 0.15) is 11.6 Å². The molecule has 1 aliphatic rings. The Hall–Kier alpha value is -1.22. The summed E-state index contributed by atoms with van der Waals surface area (Å²) in [6.45, 7) is 1.04. The van der Waals surface area contributed by atoms with E-state index in [0.29, 0.717) is 26.1 Å². The largest absolute Gasteiger partial charge is 0.380 e. The Labute approximate surface area is 88.1 Å². The van der Waals surface area contributed by atoms with Crippen molar-refractivity contribution in [2.45, 2.75) is 12.8 Å². The smallest absolute Gasteiger partial charge is 0.140 e. The van der Waals surface area contributed by atoms with Crippen LogP contribution in [0.4, 0.5) is 4.39 Å². The van der Waals surface area contributed by atoms with E-state index >= 15 is 0 Å². The fourth-order valence-electron chi connectivity index (χ4n) is 1.77. The molecule has 2 nitrogen and oxygen atoms in total. The Bertz CT molecular complexity index is 345. The zero-order valence-electron chi connectivity index (χ0n) is 8.41. The van der Waals surface area contributed by atoms with Crippen molar-refractivity contribution in [1.82, 2.24) is 0 Å². The van der Waals surface area contributed by atoms with Gasteiger partial charge in [0.15, 0.2) is 0 Å². The maximum absolute atomic E-state index is 12.7. The minimum atomic E-state index is -0.245. The van der Waals surface area contributed by atoms with Crippen molar-refractivity contribution in [2.75, 3.05) is 13.2 Å². The van der Waals surface area contributed by atoms with Gasteiger partial charge in [-0.2, -0.15) is 0 Å². The number of Topliss-reactive ketones (excluding diaryl/α,β-unsaturated/α-hetero) is 1. The van der Waals surface area contributed by atoms with Crippen LogP contribution in [0, 0.1) is 11.7 Å². The molecule has 1 saturated heterocycles. The first-order valence-corrected chi connectivity index (χ1v) is 5.10. The molecule has 0 spiro atoms. The van der Waals surface area contributed by atoms with Gasteiger partial charge in [-0.15, -0.1) is 0 Å². The van der Waals surface area contributed by atoms with Crippen LogP contribution in [0.5, 0.6) is 0 Å². The fourth-order valence-corrected chi connectivity index (χ4v) is 1.77. The molecule has 3 heteroatoms. The Morgan fingerprint density at radius 1 is 1.33 bits per heavy atom. The third kappa shape index (κ3) is 2.63. The molecule has 0 N–H and O–H groups in total. The highest BCUT2D eigenvalue weighted by atomic mass is 19.1. The predicted octanol–water partition coefficient (Wildman–Crippen LogP) is 1.97. The summed E-state index contributed by atoms with van der Waals surface area (Å²) >= 11 is 0. The van der Waals surface area contributed by atoms with Crippen molar-refractivity contribution in [3.8, 4) is 0 Å². The fraction of sp³-hybridized carbons (Fsp3) is 0.417. The molecule has 0 bridgehead atoms. The van der Waals surface area contributed by atoms with Crippen LogP contribution in [-0.2, 0) is 16.0 Å². The Balaban J connectivity index is 2.01. The standard InChI is InChI=1S/C12H13FO2/c13-11-3-1-9(2-4-11)7-10-8-15-6-5-12(10)14/h1-4,10H,5-8H2/t10-/m1/s1. The molecule has 2 rings (SSSR count). The summed E-state index contributed by atoms with van der Waals surface area (Å²) in [6.07, 6.45) is 1.16. The van der Waals surface area contributed by atoms with Crippen molar-refractivity contribution in [1.29, 1.82) is 0 Å². The van der Waals surface area contributed by atoms with Crippen LogP contribution >= 0.6 is 0 Å². The third-order valence-corrected chi connectivity index (χ3v) is 2.66. The molecule has 0 amide bonds. The highest BCUT2D eigenvalue weighted by Crippen LogP contribution is 2.16. The number of carbonyl (C=O) groups is 1. The normalized spacial score (nSPS) is 21.7. The molecular weight excluding hydrogens is 195 g/mol. The van der Waals surface area contributed by atoms with E-state index in [9.17, 15) is 9.18 Å². The van der Waals surface area contributed by atoms with E-state index in [2.05, 4.69) is 0 Å². The first-order valence-electron chi connectivity index (χ1n) is 5.10. The van der Waals surface area contributed by atoms with Gasteiger partial charge >= 0.3 is 0 Å². The van der Waals surface area contributed by atoms with Crippen LogP contribution in [-0.4, -0.2) is 19.0 Å². The summed E-state index contributed by atoms with van der Waals surface area (Å²) in [4.78, 5) is 11.5. The highest BCUT2D eigenvalue weighted by Gasteiger charge is 2.22. The van der Waals surface area contributed by atoms with Crippen LogP contribution in [0.25, 0.3) is 0 Å². The minimum absolute atomic E-state index is 0.0517. The molecule has 0 saturated carbocycles. The molecule has 1 heterocycles. The van der Waals surface area contributed by atoms with Gasteiger partial charge in [0, 0.05) is 12.3 Å². The van der Waals surface area contributed by atoms with E-state index in [4.69, 9.17) is 4.74 Å². The SMILES string of the molecule is O=C1CCOC[C@H]1Cc1ccc(F)cc1. The van der Waals surface area contributed by atoms with Gasteiger partial charge < -0.3 is 4.74 Å². The Morgan fingerprint density at radius 3 is 2.73 bits per heavy atom. The van der Waals surface area contributed by atoms with Crippen molar-refractivity contribution in [2.24, 2.45) is 5.92 Å². The van der Waals surface area contributed by atoms with E-state index in [1.54, 1.807) is 12.1 Å². The number of benzene rings is 1. The molecule has 1 aliphatic heterocycles. The lowest BCUT2D eigenvalue weighted by atomic mass is 9.93. The van der Waals surface area contributed by atoms with Crippen LogP contribution in [0.2, 0.25) is 0 Å². The second kappa shape index (κ2) is 4.53. The lowest BCUT2D eigenvalue weighted by Gasteiger charge is -2.20. The average Bonchev–Trinajstić information content (AvgIpc) is 2.25. The van der Waals surface area contributed by atoms with Crippen LogP contribution in [0.1, 0.15) is 12.0 Å². The average molecular weight is 208 g/mol. The van der Waals surface area contributed by atoms with Crippen LogP contribution < -0.4 is 0 Å². The Morgan fingerprint density at radius 2 is 2.07 bits per heavy atom. The second-order valence-corrected chi connectivity index (χ2v) is 3.82. The number of hydrogen-bond acceptors (Lipinski definition) is 2. The van der Waals surface area contributed by atoms with Gasteiger partial charge in [0.05, 0.1) is 13.2 Å². The molecule has 0 radical (unpaired) electrons. The second-order valence-electron chi connectivity index (χ2n) is 3.82. The van der Waals surface area contributed by atoms with E-state index in [1.807, 2.05) is 0 Å². The summed E-state index contributed by atoms with van der Waals surface area (Å²) in [7, 11) is 0. The summed E-state index contributed by atoms with van der Waals surface area (Å²) in [5.41, 5.74) is 0.986. The molecule has 1 aromatic carbocycles. The number of rotatable bonds is 2. The number of halogens is 1. The molecule has 1 fully saturated rings. The Kier molecular flexibility index (Phi) is 3.11. The summed E-state index contributed by atoms with van der Waals surface area (Å²) in [5, 5.41) is 0. The first kappa shape index (κ1) is 10.3. The van der Waals surface area contributed by atoms with Gasteiger partial charge in [0.2, 0.25) is 0 Å². The van der Waals surface area contributed by atoms with Crippen molar-refractivity contribution < 1.29 is 13.9 Å². The summed E-state index contributed by atoms with van der Waals surface area (Å²) in [5.74, 6) is -0.0419. The first-order chi connectivity index (χ1) is 7.25. The number of ketones is 1. The van der Waals surface area contributed by atoms with E-state index < -0.39 is 0 Å². The van der Waals surface area contributed by atoms with Gasteiger partial charge in [-0.3, -0.25) is 4.79 Å². The predicted molar refractivity (Wildman–Crippen MR) is 54.0 cm³/mol. The van der Waals surface area contributed by atoms with Crippen molar-refractivity contribution in [3.05, 3.63) is 35.6 Å². The van der Waals surface area contributed by atoms with Crippen LogP contribution in [0.3, 0.4) is 0 Å². The third-order valence-electron chi connectivity index (χ3n) is 2.66. The van der Waals surface area contributed by atoms with Gasteiger partial charge in [-0.1, -0.05) is 12.1 Å². The van der Waals surface area contributed by atoms with E-state index in [0.717, 1.165) is 5.56 Å². The minimum Gasteiger partial charge on any atom is -0.380 e. The zero-order valence-corrected chi connectivity index (χ0v) is 8.41. The lowest BCUT2D eigenvalue weighted by Crippen LogP contribution is -2.29. The van der Waals surface area contributed by atoms with E-state index in [-0.39, 0.29) is 17.5 Å². The summed E-state index contributed by atoms with van der Waals surface area (Å²) < 4.78 is 17.9. The lowest BCUT2D eigenvalue weighted by molar-refractivity contribution is -0.130. The summed E-state index contributed by atoms with van der Waals surface area (Å²) in [6, 6.07) is 6.28.